The van der Waals surface area contributed by atoms with Crippen molar-refractivity contribution in [1.82, 2.24) is 4.57 Å². The standard InChI is InChI=1S/C12H9ClFNO2/c13-9-3-1-4-10(14)8(9)7-15-6-2-5-11(15)12(16)17/h1-6H,7H2,(H,16,17). The molecule has 0 aliphatic heterocycles. The van der Waals surface area contributed by atoms with Gasteiger partial charge < -0.3 is 9.67 Å². The maximum atomic E-state index is 13.5. The van der Waals surface area contributed by atoms with E-state index in [9.17, 15) is 9.18 Å². The summed E-state index contributed by atoms with van der Waals surface area (Å²) in [6, 6.07) is 7.43. The number of carboxylic acids is 1. The normalized spacial score (nSPS) is 10.5. The van der Waals surface area contributed by atoms with Gasteiger partial charge in [-0.25, -0.2) is 9.18 Å². The second-order valence-corrected chi connectivity index (χ2v) is 3.93. The number of hydrogen-bond donors (Lipinski definition) is 1. The highest BCUT2D eigenvalue weighted by Gasteiger charge is 2.12. The molecule has 88 valence electrons. The third-order valence-electron chi connectivity index (χ3n) is 2.44. The van der Waals surface area contributed by atoms with Gasteiger partial charge >= 0.3 is 5.97 Å². The topological polar surface area (TPSA) is 42.2 Å². The largest absolute Gasteiger partial charge is 0.477 e. The van der Waals surface area contributed by atoms with Crippen LogP contribution < -0.4 is 0 Å². The molecule has 0 radical (unpaired) electrons. The Morgan fingerprint density at radius 2 is 2.12 bits per heavy atom. The number of aromatic carboxylic acids is 1. The smallest absolute Gasteiger partial charge is 0.352 e. The Morgan fingerprint density at radius 1 is 1.35 bits per heavy atom. The molecule has 0 unspecified atom stereocenters. The van der Waals surface area contributed by atoms with Gasteiger partial charge in [0, 0.05) is 16.8 Å². The zero-order valence-corrected chi connectivity index (χ0v) is 9.49. The number of carbonyl (C=O) groups is 1. The molecule has 3 nitrogen and oxygen atoms in total. The third kappa shape index (κ3) is 2.31. The average molecular weight is 254 g/mol. The lowest BCUT2D eigenvalue weighted by Crippen LogP contribution is -2.09. The van der Waals surface area contributed by atoms with E-state index in [0.29, 0.717) is 0 Å². The summed E-state index contributed by atoms with van der Waals surface area (Å²) in [5, 5.41) is 9.21. The first-order chi connectivity index (χ1) is 8.09. The minimum Gasteiger partial charge on any atom is -0.477 e. The molecule has 0 aliphatic carbocycles. The van der Waals surface area contributed by atoms with Crippen LogP contribution in [-0.2, 0) is 6.54 Å². The number of nitrogens with zero attached hydrogens (tertiary/aromatic N) is 1. The Balaban J connectivity index is 2.38. The van der Waals surface area contributed by atoms with E-state index in [1.54, 1.807) is 18.3 Å². The van der Waals surface area contributed by atoms with Gasteiger partial charge in [0.2, 0.25) is 0 Å². The van der Waals surface area contributed by atoms with Crippen LogP contribution in [0.25, 0.3) is 0 Å². The van der Waals surface area contributed by atoms with Crippen LogP contribution in [0, 0.1) is 5.82 Å². The predicted molar refractivity (Wildman–Crippen MR) is 61.9 cm³/mol. The van der Waals surface area contributed by atoms with E-state index in [0.717, 1.165) is 0 Å². The van der Waals surface area contributed by atoms with E-state index in [4.69, 9.17) is 16.7 Å². The van der Waals surface area contributed by atoms with Crippen molar-refractivity contribution in [2.24, 2.45) is 0 Å². The average Bonchev–Trinajstić information content (AvgIpc) is 2.72. The summed E-state index contributed by atoms with van der Waals surface area (Å²) in [4.78, 5) is 10.9. The van der Waals surface area contributed by atoms with Gasteiger partial charge in [0.15, 0.2) is 0 Å². The Labute approximate surface area is 102 Å². The molecule has 2 aromatic rings. The highest BCUT2D eigenvalue weighted by Crippen LogP contribution is 2.20. The molecule has 1 aromatic carbocycles. The molecule has 0 atom stereocenters. The Morgan fingerprint density at radius 3 is 2.76 bits per heavy atom. The Kier molecular flexibility index (Phi) is 3.15. The van der Waals surface area contributed by atoms with Crippen LogP contribution in [0.5, 0.6) is 0 Å². The first kappa shape index (κ1) is 11.7. The zero-order chi connectivity index (χ0) is 12.4. The van der Waals surface area contributed by atoms with Gasteiger partial charge in [0.1, 0.15) is 11.5 Å². The van der Waals surface area contributed by atoms with E-state index in [1.807, 2.05) is 0 Å². The highest BCUT2D eigenvalue weighted by atomic mass is 35.5. The minimum atomic E-state index is -1.05. The SMILES string of the molecule is O=C(O)c1cccn1Cc1c(F)cccc1Cl. The predicted octanol–water partition coefficient (Wildman–Crippen LogP) is 3.03. The lowest BCUT2D eigenvalue weighted by molar-refractivity contribution is 0.0685. The molecular weight excluding hydrogens is 245 g/mol. The van der Waals surface area contributed by atoms with E-state index in [-0.39, 0.29) is 22.8 Å². The summed E-state index contributed by atoms with van der Waals surface area (Å²) in [6.45, 7) is 0.0974. The highest BCUT2D eigenvalue weighted by molar-refractivity contribution is 6.31. The number of carboxylic acid groups (broad SMARTS) is 1. The molecule has 0 aliphatic rings. The number of benzene rings is 1. The van der Waals surface area contributed by atoms with Crippen molar-refractivity contribution in [2.45, 2.75) is 6.54 Å². The summed E-state index contributed by atoms with van der Waals surface area (Å²) in [5.74, 6) is -1.50. The van der Waals surface area contributed by atoms with Crippen molar-refractivity contribution in [3.63, 3.8) is 0 Å². The van der Waals surface area contributed by atoms with Crippen molar-refractivity contribution in [1.29, 1.82) is 0 Å². The number of hydrogen-bond acceptors (Lipinski definition) is 1. The fourth-order valence-corrected chi connectivity index (χ4v) is 1.82. The van der Waals surface area contributed by atoms with Crippen LogP contribution in [-0.4, -0.2) is 15.6 Å². The molecule has 1 aromatic heterocycles. The minimum absolute atomic E-state index is 0.0974. The molecule has 1 N–H and O–H groups in total. The lowest BCUT2D eigenvalue weighted by atomic mass is 10.2. The first-order valence-corrected chi connectivity index (χ1v) is 5.28. The second-order valence-electron chi connectivity index (χ2n) is 3.53. The zero-order valence-electron chi connectivity index (χ0n) is 8.73. The van der Waals surface area contributed by atoms with Crippen LogP contribution in [0.2, 0.25) is 5.02 Å². The summed E-state index contributed by atoms with van der Waals surface area (Å²) in [5.41, 5.74) is 0.386. The van der Waals surface area contributed by atoms with E-state index in [2.05, 4.69) is 0 Å². The van der Waals surface area contributed by atoms with E-state index >= 15 is 0 Å². The second kappa shape index (κ2) is 4.59. The Bertz CT molecular complexity index is 545. The number of aromatic nitrogens is 1. The van der Waals surface area contributed by atoms with Crippen LogP contribution in [0.4, 0.5) is 4.39 Å². The van der Waals surface area contributed by atoms with Crippen molar-refractivity contribution < 1.29 is 14.3 Å². The Hall–Kier alpha value is -1.81. The fourth-order valence-electron chi connectivity index (χ4n) is 1.60. The van der Waals surface area contributed by atoms with Crippen molar-refractivity contribution in [3.05, 3.63) is 58.6 Å². The van der Waals surface area contributed by atoms with Crippen LogP contribution in [0.15, 0.2) is 36.5 Å². The molecular formula is C12H9ClFNO2. The first-order valence-electron chi connectivity index (χ1n) is 4.91. The van der Waals surface area contributed by atoms with Gasteiger partial charge in [-0.2, -0.15) is 0 Å². The van der Waals surface area contributed by atoms with Crippen molar-refractivity contribution in [3.8, 4) is 0 Å². The molecule has 0 spiro atoms. The maximum Gasteiger partial charge on any atom is 0.352 e. The summed E-state index contributed by atoms with van der Waals surface area (Å²) in [7, 11) is 0. The molecule has 5 heteroatoms. The van der Waals surface area contributed by atoms with Crippen molar-refractivity contribution in [2.75, 3.05) is 0 Å². The molecule has 0 fully saturated rings. The number of halogens is 2. The van der Waals surface area contributed by atoms with Gasteiger partial charge in [0.05, 0.1) is 6.54 Å². The van der Waals surface area contributed by atoms with Gasteiger partial charge in [-0.05, 0) is 24.3 Å². The molecule has 17 heavy (non-hydrogen) atoms. The third-order valence-corrected chi connectivity index (χ3v) is 2.79. The molecule has 0 amide bonds. The fraction of sp³-hybridized carbons (Fsp3) is 0.0833. The monoisotopic (exact) mass is 253 g/mol. The summed E-state index contributed by atoms with van der Waals surface area (Å²) < 4.78 is 15.0. The molecule has 2 rings (SSSR count). The molecule has 0 saturated carbocycles. The molecule has 1 heterocycles. The van der Waals surface area contributed by atoms with Gasteiger partial charge in [-0.1, -0.05) is 17.7 Å². The number of rotatable bonds is 3. The van der Waals surface area contributed by atoms with Crippen LogP contribution in [0.1, 0.15) is 16.1 Å². The van der Waals surface area contributed by atoms with Crippen LogP contribution >= 0.6 is 11.6 Å². The summed E-state index contributed by atoms with van der Waals surface area (Å²) >= 11 is 5.88. The van der Waals surface area contributed by atoms with Gasteiger partial charge in [-0.15, -0.1) is 0 Å². The van der Waals surface area contributed by atoms with Gasteiger partial charge in [0.25, 0.3) is 0 Å². The molecule has 0 saturated heterocycles. The van der Waals surface area contributed by atoms with E-state index < -0.39 is 11.8 Å². The van der Waals surface area contributed by atoms with Crippen LogP contribution in [0.3, 0.4) is 0 Å². The summed E-state index contributed by atoms with van der Waals surface area (Å²) in [6.07, 6.45) is 1.58. The lowest BCUT2D eigenvalue weighted by Gasteiger charge is -2.09. The maximum absolute atomic E-state index is 13.5. The van der Waals surface area contributed by atoms with Crippen molar-refractivity contribution >= 4 is 17.6 Å². The van der Waals surface area contributed by atoms with Gasteiger partial charge in [-0.3, -0.25) is 0 Å². The quantitative estimate of drug-likeness (QED) is 0.914. The van der Waals surface area contributed by atoms with E-state index in [1.165, 1.54) is 22.8 Å². The molecule has 0 bridgehead atoms.